The Balaban J connectivity index is 2.24. The third-order valence-electron chi connectivity index (χ3n) is 3.93. The van der Waals surface area contributed by atoms with E-state index >= 15 is 0 Å². The Hall–Kier alpha value is -1.44. The monoisotopic (exact) mass is 312 g/mol. The van der Waals surface area contributed by atoms with Crippen molar-refractivity contribution in [2.45, 2.75) is 18.5 Å². The zero-order valence-electron chi connectivity index (χ0n) is 11.9. The minimum atomic E-state index is -3.04. The number of aliphatic carboxylic acids is 1. The lowest BCUT2D eigenvalue weighted by atomic mass is 9.90. The quantitative estimate of drug-likeness (QED) is 0.814. The van der Waals surface area contributed by atoms with E-state index in [0.29, 0.717) is 12.1 Å². The minimum absolute atomic E-state index is 0.0392. The van der Waals surface area contributed by atoms with E-state index in [-0.39, 0.29) is 24.1 Å². The fraction of sp³-hybridized carbons (Fsp3) is 0.500. The van der Waals surface area contributed by atoms with Crippen molar-refractivity contribution in [2.75, 3.05) is 24.6 Å². The molecule has 0 bridgehead atoms. The van der Waals surface area contributed by atoms with E-state index in [9.17, 15) is 18.3 Å². The number of carboxylic acids is 1. The average molecular weight is 312 g/mol. The van der Waals surface area contributed by atoms with Crippen molar-refractivity contribution in [3.63, 3.8) is 0 Å². The molecule has 116 valence electrons. The second-order valence-corrected chi connectivity index (χ2v) is 7.81. The maximum Gasteiger partial charge on any atom is 0.329 e. The molecule has 7 heteroatoms. The molecule has 1 aliphatic heterocycles. The molecule has 0 saturated carbocycles. The predicted molar refractivity (Wildman–Crippen MR) is 79.6 cm³/mol. The second kappa shape index (κ2) is 5.75. The van der Waals surface area contributed by atoms with Gasteiger partial charge in [0, 0.05) is 19.1 Å². The van der Waals surface area contributed by atoms with Crippen molar-refractivity contribution in [3.8, 4) is 0 Å². The van der Waals surface area contributed by atoms with E-state index in [1.54, 1.807) is 37.3 Å². The normalized spacial score (nSPS) is 25.1. The van der Waals surface area contributed by atoms with Crippen molar-refractivity contribution in [1.29, 1.82) is 0 Å². The fourth-order valence-corrected chi connectivity index (χ4v) is 4.23. The van der Waals surface area contributed by atoms with Crippen molar-refractivity contribution < 1.29 is 18.3 Å². The van der Waals surface area contributed by atoms with Gasteiger partial charge in [0.2, 0.25) is 0 Å². The number of carbonyl (C=O) groups is 1. The number of hydrogen-bond acceptors (Lipinski definition) is 5. The third-order valence-corrected chi connectivity index (χ3v) is 5.73. The Morgan fingerprint density at radius 2 is 2.05 bits per heavy atom. The van der Waals surface area contributed by atoms with Crippen LogP contribution in [-0.4, -0.2) is 55.0 Å². The second-order valence-electron chi connectivity index (χ2n) is 5.58. The van der Waals surface area contributed by atoms with Crippen LogP contribution in [-0.2, 0) is 20.2 Å². The lowest BCUT2D eigenvalue weighted by Gasteiger charge is -2.38. The van der Waals surface area contributed by atoms with Crippen LogP contribution in [0.3, 0.4) is 0 Å². The van der Waals surface area contributed by atoms with Gasteiger partial charge < -0.3 is 10.8 Å². The van der Waals surface area contributed by atoms with E-state index < -0.39 is 21.3 Å². The standard InChI is InChI=1S/C14H20N2O4S/c1-11-9-21(19,20)8-7-16(11)10-14(15,13(17)18)12-5-3-2-4-6-12/h2-6,11H,7-10,15H2,1H3,(H,17,18). The van der Waals surface area contributed by atoms with Crippen LogP contribution in [0.1, 0.15) is 12.5 Å². The van der Waals surface area contributed by atoms with Gasteiger partial charge in [0.05, 0.1) is 11.5 Å². The van der Waals surface area contributed by atoms with E-state index in [4.69, 9.17) is 5.73 Å². The van der Waals surface area contributed by atoms with E-state index in [2.05, 4.69) is 0 Å². The van der Waals surface area contributed by atoms with E-state index in [1.165, 1.54) is 0 Å². The van der Waals surface area contributed by atoms with Gasteiger partial charge in [0.1, 0.15) is 0 Å². The molecule has 2 unspecified atom stereocenters. The number of hydrogen-bond donors (Lipinski definition) is 2. The maximum atomic E-state index is 11.7. The summed E-state index contributed by atoms with van der Waals surface area (Å²) in [4.78, 5) is 13.5. The van der Waals surface area contributed by atoms with Gasteiger partial charge in [0.25, 0.3) is 0 Å². The van der Waals surface area contributed by atoms with Crippen molar-refractivity contribution in [2.24, 2.45) is 5.73 Å². The van der Waals surface area contributed by atoms with Gasteiger partial charge in [-0.15, -0.1) is 0 Å². The van der Waals surface area contributed by atoms with Crippen LogP contribution < -0.4 is 5.73 Å². The Kier molecular flexibility index (Phi) is 4.36. The molecular weight excluding hydrogens is 292 g/mol. The van der Waals surface area contributed by atoms with E-state index in [0.717, 1.165) is 0 Å². The number of benzene rings is 1. The highest BCUT2D eigenvalue weighted by molar-refractivity contribution is 7.91. The molecule has 1 aliphatic rings. The van der Waals surface area contributed by atoms with Gasteiger partial charge in [-0.2, -0.15) is 0 Å². The topological polar surface area (TPSA) is 101 Å². The summed E-state index contributed by atoms with van der Waals surface area (Å²) in [5.74, 6) is -1.03. The molecule has 2 rings (SSSR count). The number of nitrogens with two attached hydrogens (primary N) is 1. The van der Waals surface area contributed by atoms with Crippen LogP contribution in [0.4, 0.5) is 0 Å². The lowest BCUT2D eigenvalue weighted by Crippen LogP contribution is -2.58. The zero-order valence-corrected chi connectivity index (χ0v) is 12.7. The van der Waals surface area contributed by atoms with Crippen LogP contribution in [0.5, 0.6) is 0 Å². The Bertz CT molecular complexity index is 617. The summed E-state index contributed by atoms with van der Waals surface area (Å²) < 4.78 is 23.2. The van der Waals surface area contributed by atoms with Crippen LogP contribution in [0.15, 0.2) is 30.3 Å². The van der Waals surface area contributed by atoms with E-state index in [1.807, 2.05) is 4.90 Å². The Morgan fingerprint density at radius 1 is 1.43 bits per heavy atom. The first-order valence-corrected chi connectivity index (χ1v) is 8.59. The molecule has 1 aromatic carbocycles. The lowest BCUT2D eigenvalue weighted by molar-refractivity contribution is -0.144. The molecule has 3 N–H and O–H groups in total. The average Bonchev–Trinajstić information content (AvgIpc) is 2.42. The molecule has 0 amide bonds. The molecule has 0 aromatic heterocycles. The van der Waals surface area contributed by atoms with Gasteiger partial charge in [0.15, 0.2) is 15.4 Å². The molecule has 6 nitrogen and oxygen atoms in total. The molecule has 0 spiro atoms. The molecule has 1 heterocycles. The highest BCUT2D eigenvalue weighted by Gasteiger charge is 2.40. The number of carboxylic acid groups (broad SMARTS) is 1. The van der Waals surface area contributed by atoms with Crippen molar-refractivity contribution in [1.82, 2.24) is 4.90 Å². The van der Waals surface area contributed by atoms with Gasteiger partial charge in [-0.05, 0) is 12.5 Å². The third kappa shape index (κ3) is 3.42. The van der Waals surface area contributed by atoms with Gasteiger partial charge >= 0.3 is 5.97 Å². The van der Waals surface area contributed by atoms with Crippen LogP contribution in [0.2, 0.25) is 0 Å². The summed E-state index contributed by atoms with van der Waals surface area (Å²) in [7, 11) is -3.04. The number of rotatable bonds is 4. The van der Waals surface area contributed by atoms with Crippen LogP contribution in [0, 0.1) is 0 Å². The summed E-state index contributed by atoms with van der Waals surface area (Å²) >= 11 is 0. The summed E-state index contributed by atoms with van der Waals surface area (Å²) in [6.07, 6.45) is 0. The first-order chi connectivity index (χ1) is 9.74. The first-order valence-electron chi connectivity index (χ1n) is 6.77. The summed E-state index contributed by atoms with van der Waals surface area (Å²) in [6.45, 7) is 2.18. The summed E-state index contributed by atoms with van der Waals surface area (Å²) in [5.41, 5.74) is 5.10. The molecule has 21 heavy (non-hydrogen) atoms. The fourth-order valence-electron chi connectivity index (χ4n) is 2.61. The molecule has 2 atom stereocenters. The predicted octanol–water partition coefficient (Wildman–Crippen LogP) is 0.0441. The Labute approximate surface area is 124 Å². The molecule has 1 fully saturated rings. The zero-order chi connectivity index (χ0) is 15.7. The van der Waals surface area contributed by atoms with Gasteiger partial charge in [-0.3, -0.25) is 4.90 Å². The number of sulfone groups is 1. The maximum absolute atomic E-state index is 11.7. The van der Waals surface area contributed by atoms with Crippen LogP contribution in [0.25, 0.3) is 0 Å². The SMILES string of the molecule is CC1CS(=O)(=O)CCN1CC(N)(C(=O)O)c1ccccc1. The molecule has 0 radical (unpaired) electrons. The molecule has 0 aliphatic carbocycles. The molecular formula is C14H20N2O4S. The van der Waals surface area contributed by atoms with Gasteiger partial charge in [-0.25, -0.2) is 13.2 Å². The van der Waals surface area contributed by atoms with Crippen LogP contribution >= 0.6 is 0 Å². The smallest absolute Gasteiger partial charge is 0.329 e. The minimum Gasteiger partial charge on any atom is -0.480 e. The largest absolute Gasteiger partial charge is 0.480 e. The first kappa shape index (κ1) is 15.9. The van der Waals surface area contributed by atoms with Crippen molar-refractivity contribution >= 4 is 15.8 Å². The summed E-state index contributed by atoms with van der Waals surface area (Å²) in [6, 6.07) is 8.39. The highest BCUT2D eigenvalue weighted by Crippen LogP contribution is 2.23. The summed E-state index contributed by atoms with van der Waals surface area (Å²) in [5, 5.41) is 9.54. The van der Waals surface area contributed by atoms with Crippen molar-refractivity contribution in [3.05, 3.63) is 35.9 Å². The number of nitrogens with zero attached hydrogens (tertiary/aromatic N) is 1. The van der Waals surface area contributed by atoms with Gasteiger partial charge in [-0.1, -0.05) is 30.3 Å². The molecule has 1 saturated heterocycles. The molecule has 1 aromatic rings. The Morgan fingerprint density at radius 3 is 2.57 bits per heavy atom. The highest BCUT2D eigenvalue weighted by atomic mass is 32.2.